The zero-order chi connectivity index (χ0) is 19.4. The maximum Gasteiger partial charge on any atom is 0.321 e. The zero-order valence-electron chi connectivity index (χ0n) is 15.3. The topological polar surface area (TPSA) is 102 Å². The van der Waals surface area contributed by atoms with Gasteiger partial charge >= 0.3 is 6.03 Å². The van der Waals surface area contributed by atoms with Gasteiger partial charge in [-0.25, -0.2) is 9.78 Å². The Bertz CT molecular complexity index is 890. The van der Waals surface area contributed by atoms with Crippen LogP contribution in [0.3, 0.4) is 0 Å². The van der Waals surface area contributed by atoms with Crippen molar-refractivity contribution in [3.63, 3.8) is 0 Å². The molecule has 26 heavy (non-hydrogen) atoms. The fourth-order valence-electron chi connectivity index (χ4n) is 2.27. The number of aromatic nitrogens is 2. The summed E-state index contributed by atoms with van der Waals surface area (Å²) in [7, 11) is 2.99. The number of nitrogens with one attached hydrogen (secondary N) is 2. The quantitative estimate of drug-likeness (QED) is 0.567. The van der Waals surface area contributed by atoms with Crippen molar-refractivity contribution in [2.45, 2.75) is 37.7 Å². The van der Waals surface area contributed by atoms with Crippen LogP contribution >= 0.6 is 23.1 Å². The lowest BCUT2D eigenvalue weighted by Crippen LogP contribution is -2.41. The van der Waals surface area contributed by atoms with Crippen LogP contribution < -0.4 is 16.2 Å². The van der Waals surface area contributed by atoms with E-state index in [-0.39, 0.29) is 5.56 Å². The van der Waals surface area contributed by atoms with E-state index in [1.54, 1.807) is 14.0 Å². The minimum atomic E-state index is -0.604. The summed E-state index contributed by atoms with van der Waals surface area (Å²) in [5.74, 6) is -0.458. The van der Waals surface area contributed by atoms with Gasteiger partial charge in [0.25, 0.3) is 5.56 Å². The molecule has 2 rings (SSSR count). The van der Waals surface area contributed by atoms with Crippen molar-refractivity contribution in [1.82, 2.24) is 20.2 Å². The number of thioether (sulfide) groups is 1. The number of thiophene rings is 1. The smallest absolute Gasteiger partial charge is 0.321 e. The number of ether oxygens (including phenoxy) is 1. The Hall–Kier alpha value is -1.91. The molecule has 2 aromatic heterocycles. The van der Waals surface area contributed by atoms with Crippen LogP contribution in [0.1, 0.15) is 17.4 Å². The van der Waals surface area contributed by atoms with Crippen LogP contribution in [0.5, 0.6) is 0 Å². The molecule has 0 bridgehead atoms. The molecule has 0 aliphatic heterocycles. The number of aryl methyl sites for hydroxylation is 2. The van der Waals surface area contributed by atoms with Crippen molar-refractivity contribution in [2.75, 3.05) is 20.8 Å². The first-order valence-electron chi connectivity index (χ1n) is 7.98. The van der Waals surface area contributed by atoms with Crippen molar-refractivity contribution >= 4 is 45.3 Å². The summed E-state index contributed by atoms with van der Waals surface area (Å²) in [4.78, 5) is 42.7. The Kier molecular flexibility index (Phi) is 6.79. The SMILES string of the molecule is CNC(=O)NC(=O)[C@@H](C)Sc1nc2sc(C)c(C)c2c(=O)n1CCOC. The third-order valence-electron chi connectivity index (χ3n) is 3.89. The van der Waals surface area contributed by atoms with Crippen molar-refractivity contribution in [3.8, 4) is 0 Å². The molecular formula is C16H22N4O4S2. The van der Waals surface area contributed by atoms with E-state index in [2.05, 4.69) is 15.6 Å². The average molecular weight is 399 g/mol. The molecule has 0 unspecified atom stereocenters. The van der Waals surface area contributed by atoms with Gasteiger partial charge in [0.15, 0.2) is 5.16 Å². The van der Waals surface area contributed by atoms with Crippen LogP contribution in [0.15, 0.2) is 9.95 Å². The van der Waals surface area contributed by atoms with Crippen molar-refractivity contribution in [1.29, 1.82) is 0 Å². The molecule has 0 aromatic carbocycles. The van der Waals surface area contributed by atoms with Gasteiger partial charge in [0.1, 0.15) is 4.83 Å². The van der Waals surface area contributed by atoms with Gasteiger partial charge in [0.2, 0.25) is 5.91 Å². The molecule has 0 fully saturated rings. The molecular weight excluding hydrogens is 376 g/mol. The van der Waals surface area contributed by atoms with Crippen LogP contribution in [0.4, 0.5) is 4.79 Å². The Labute approximate surface area is 159 Å². The number of nitrogens with zero attached hydrogens (tertiary/aromatic N) is 2. The van der Waals surface area contributed by atoms with Crippen LogP contribution in [0.25, 0.3) is 10.2 Å². The molecule has 1 atom stereocenters. The van der Waals surface area contributed by atoms with Crippen molar-refractivity contribution in [2.24, 2.45) is 0 Å². The van der Waals surface area contributed by atoms with Gasteiger partial charge in [-0.15, -0.1) is 11.3 Å². The second-order valence-corrected chi connectivity index (χ2v) is 8.15. The van der Waals surface area contributed by atoms with Gasteiger partial charge in [-0.3, -0.25) is 19.5 Å². The lowest BCUT2D eigenvalue weighted by atomic mass is 10.2. The number of hydrogen-bond acceptors (Lipinski definition) is 7. The molecule has 0 radical (unpaired) electrons. The van der Waals surface area contributed by atoms with E-state index in [9.17, 15) is 14.4 Å². The first-order valence-corrected chi connectivity index (χ1v) is 9.68. The van der Waals surface area contributed by atoms with Gasteiger partial charge in [-0.05, 0) is 26.3 Å². The lowest BCUT2D eigenvalue weighted by molar-refractivity contribution is -0.119. The largest absolute Gasteiger partial charge is 0.383 e. The third-order valence-corrected chi connectivity index (χ3v) is 6.08. The molecule has 2 heterocycles. The predicted octanol–water partition coefficient (Wildman–Crippen LogP) is 1.66. The van der Waals surface area contributed by atoms with Crippen LogP contribution in [0, 0.1) is 13.8 Å². The normalized spacial score (nSPS) is 12.2. The first-order chi connectivity index (χ1) is 12.3. The number of methoxy groups -OCH3 is 1. The van der Waals surface area contributed by atoms with E-state index in [4.69, 9.17) is 4.74 Å². The monoisotopic (exact) mass is 398 g/mol. The van der Waals surface area contributed by atoms with Crippen LogP contribution in [0.2, 0.25) is 0 Å². The Balaban J connectivity index is 2.42. The van der Waals surface area contributed by atoms with Gasteiger partial charge < -0.3 is 10.1 Å². The Morgan fingerprint density at radius 1 is 1.38 bits per heavy atom. The highest BCUT2D eigenvalue weighted by atomic mass is 32.2. The Morgan fingerprint density at radius 3 is 2.69 bits per heavy atom. The summed E-state index contributed by atoms with van der Waals surface area (Å²) >= 11 is 2.59. The Morgan fingerprint density at radius 2 is 2.08 bits per heavy atom. The minimum absolute atomic E-state index is 0.143. The molecule has 0 saturated carbocycles. The van der Waals surface area contributed by atoms with E-state index < -0.39 is 17.2 Å². The predicted molar refractivity (Wildman–Crippen MR) is 103 cm³/mol. The van der Waals surface area contributed by atoms with Crippen LogP contribution in [-0.4, -0.2) is 47.5 Å². The molecule has 0 aliphatic rings. The number of carbonyl (C=O) groups excluding carboxylic acids is 2. The maximum absolute atomic E-state index is 13.0. The number of amides is 3. The molecule has 142 valence electrons. The molecule has 8 nitrogen and oxygen atoms in total. The second kappa shape index (κ2) is 8.65. The lowest BCUT2D eigenvalue weighted by Gasteiger charge is -2.15. The molecule has 10 heteroatoms. The summed E-state index contributed by atoms with van der Waals surface area (Å²) in [6, 6.07) is -0.577. The van der Waals surface area contributed by atoms with E-state index in [1.165, 1.54) is 23.0 Å². The highest BCUT2D eigenvalue weighted by Gasteiger charge is 2.22. The summed E-state index contributed by atoms with van der Waals surface area (Å²) in [5.41, 5.74) is 0.783. The number of hydrogen-bond donors (Lipinski definition) is 2. The summed E-state index contributed by atoms with van der Waals surface area (Å²) < 4.78 is 6.62. The zero-order valence-corrected chi connectivity index (χ0v) is 17.0. The minimum Gasteiger partial charge on any atom is -0.383 e. The van der Waals surface area contributed by atoms with Crippen molar-refractivity contribution in [3.05, 3.63) is 20.8 Å². The summed E-state index contributed by atoms with van der Waals surface area (Å²) in [6.07, 6.45) is 0. The summed E-state index contributed by atoms with van der Waals surface area (Å²) in [5, 5.41) is 4.99. The first kappa shape index (κ1) is 20.4. The maximum atomic E-state index is 13.0. The fourth-order valence-corrected chi connectivity index (χ4v) is 4.27. The van der Waals surface area contributed by atoms with Gasteiger partial charge in [-0.2, -0.15) is 0 Å². The molecule has 0 aliphatic carbocycles. The van der Waals surface area contributed by atoms with Gasteiger partial charge in [0, 0.05) is 19.0 Å². The van der Waals surface area contributed by atoms with E-state index in [0.29, 0.717) is 28.5 Å². The number of fused-ring (bicyclic) bond motifs is 1. The number of imide groups is 1. The number of carbonyl (C=O) groups is 2. The molecule has 0 spiro atoms. The molecule has 2 aromatic rings. The van der Waals surface area contributed by atoms with E-state index >= 15 is 0 Å². The highest BCUT2D eigenvalue weighted by Crippen LogP contribution is 2.29. The standard InChI is InChI=1S/C16H22N4O4S2/c1-8-9(2)25-13-11(8)14(22)20(6-7-24-5)16(19-13)26-10(3)12(21)18-15(23)17-4/h10H,6-7H2,1-5H3,(H2,17,18,21,23)/t10-/m1/s1. The van der Waals surface area contributed by atoms with Gasteiger partial charge in [-0.1, -0.05) is 11.8 Å². The second-order valence-electron chi connectivity index (χ2n) is 5.64. The molecule has 3 amide bonds. The number of rotatable bonds is 6. The third kappa shape index (κ3) is 4.25. The fraction of sp³-hybridized carbons (Fsp3) is 0.500. The van der Waals surface area contributed by atoms with Gasteiger partial charge in [0.05, 0.1) is 23.8 Å². The molecule has 2 N–H and O–H groups in total. The van der Waals surface area contributed by atoms with Crippen molar-refractivity contribution < 1.29 is 14.3 Å². The summed E-state index contributed by atoms with van der Waals surface area (Å²) in [6.45, 7) is 6.20. The average Bonchev–Trinajstić information content (AvgIpc) is 2.88. The van der Waals surface area contributed by atoms with Crippen LogP contribution in [-0.2, 0) is 16.1 Å². The highest BCUT2D eigenvalue weighted by molar-refractivity contribution is 8.00. The number of urea groups is 1. The van der Waals surface area contributed by atoms with E-state index in [1.807, 2.05) is 13.8 Å². The molecule has 0 saturated heterocycles. The van der Waals surface area contributed by atoms with E-state index in [0.717, 1.165) is 22.2 Å².